The van der Waals surface area contributed by atoms with Crippen LogP contribution in [0, 0.1) is 6.92 Å². The topological polar surface area (TPSA) is 85.1 Å². The second kappa shape index (κ2) is 6.01. The van der Waals surface area contributed by atoms with Gasteiger partial charge in [0.25, 0.3) is 0 Å². The van der Waals surface area contributed by atoms with E-state index in [4.69, 9.17) is 10.6 Å². The smallest absolute Gasteiger partial charge is 0.148 e. The minimum Gasteiger partial charge on any atom is -0.494 e. The van der Waals surface area contributed by atoms with Gasteiger partial charge in [0.2, 0.25) is 0 Å². The number of benzene rings is 1. The molecule has 0 aliphatic carbocycles. The second-order valence-electron chi connectivity index (χ2n) is 3.92. The summed E-state index contributed by atoms with van der Waals surface area (Å²) in [5, 5.41) is 3.21. The summed E-state index contributed by atoms with van der Waals surface area (Å²) < 4.78 is 5.39. The molecule has 19 heavy (non-hydrogen) atoms. The lowest BCUT2D eigenvalue weighted by molar-refractivity contribution is 0.340. The summed E-state index contributed by atoms with van der Waals surface area (Å²) in [5.74, 6) is 7.54. The molecule has 0 bridgehead atoms. The molecular formula is C13H17N5O. The van der Waals surface area contributed by atoms with E-state index in [9.17, 15) is 0 Å². The fourth-order valence-electron chi connectivity index (χ4n) is 1.66. The third kappa shape index (κ3) is 3.11. The zero-order valence-electron chi connectivity index (χ0n) is 11.0. The van der Waals surface area contributed by atoms with E-state index < -0.39 is 0 Å². The summed E-state index contributed by atoms with van der Waals surface area (Å²) in [6.07, 6.45) is 1.46. The molecule has 0 amide bonds. The molecule has 0 unspecified atom stereocenters. The highest BCUT2D eigenvalue weighted by atomic mass is 16.5. The Hall–Kier alpha value is -2.34. The molecule has 1 heterocycles. The summed E-state index contributed by atoms with van der Waals surface area (Å²) in [7, 11) is 0. The number of nitrogens with two attached hydrogens (primary N) is 1. The van der Waals surface area contributed by atoms with Crippen molar-refractivity contribution < 1.29 is 4.74 Å². The number of hydrogen-bond acceptors (Lipinski definition) is 6. The summed E-state index contributed by atoms with van der Waals surface area (Å²) >= 11 is 0. The maximum atomic E-state index is 5.39. The molecule has 0 saturated heterocycles. The van der Waals surface area contributed by atoms with Gasteiger partial charge in [-0.3, -0.25) is 0 Å². The van der Waals surface area contributed by atoms with E-state index in [2.05, 4.69) is 20.7 Å². The van der Waals surface area contributed by atoms with Gasteiger partial charge < -0.3 is 15.5 Å². The van der Waals surface area contributed by atoms with E-state index in [1.807, 2.05) is 38.1 Å². The Kier molecular flexibility index (Phi) is 4.15. The largest absolute Gasteiger partial charge is 0.494 e. The van der Waals surface area contributed by atoms with Crippen LogP contribution in [0.1, 0.15) is 12.5 Å². The Morgan fingerprint density at radius 3 is 2.47 bits per heavy atom. The Bertz CT molecular complexity index is 541. The third-order valence-electron chi connectivity index (χ3n) is 2.65. The van der Waals surface area contributed by atoms with Gasteiger partial charge in [-0.2, -0.15) is 0 Å². The number of hydrazine groups is 1. The molecule has 6 nitrogen and oxygen atoms in total. The fraction of sp³-hybridized carbons (Fsp3) is 0.231. The molecule has 0 radical (unpaired) electrons. The molecule has 0 atom stereocenters. The standard InChI is InChI=1S/C13H17N5O/c1-3-19-11-6-4-10(5-7-11)17-12-9(2)13(18-14)16-8-15-12/h4-8H,3,14H2,1-2H3,(H2,15,16,17,18). The van der Waals surface area contributed by atoms with Crippen LogP contribution >= 0.6 is 0 Å². The molecule has 1 aromatic carbocycles. The summed E-state index contributed by atoms with van der Waals surface area (Å²) in [6.45, 7) is 4.51. The zero-order valence-corrected chi connectivity index (χ0v) is 11.0. The van der Waals surface area contributed by atoms with E-state index >= 15 is 0 Å². The molecule has 0 aliphatic rings. The number of aromatic nitrogens is 2. The lowest BCUT2D eigenvalue weighted by atomic mass is 10.2. The van der Waals surface area contributed by atoms with Gasteiger partial charge in [-0.25, -0.2) is 15.8 Å². The first-order valence-electron chi connectivity index (χ1n) is 6.02. The van der Waals surface area contributed by atoms with Crippen LogP contribution in [0.15, 0.2) is 30.6 Å². The van der Waals surface area contributed by atoms with Crippen LogP contribution in [0.3, 0.4) is 0 Å². The Morgan fingerprint density at radius 2 is 1.84 bits per heavy atom. The number of nitrogens with one attached hydrogen (secondary N) is 2. The van der Waals surface area contributed by atoms with E-state index in [1.54, 1.807) is 0 Å². The maximum absolute atomic E-state index is 5.39. The monoisotopic (exact) mass is 259 g/mol. The highest BCUT2D eigenvalue weighted by Gasteiger charge is 2.06. The maximum Gasteiger partial charge on any atom is 0.148 e. The van der Waals surface area contributed by atoms with Gasteiger partial charge in [-0.1, -0.05) is 0 Å². The normalized spacial score (nSPS) is 10.1. The molecule has 2 rings (SSSR count). The van der Waals surface area contributed by atoms with Crippen molar-refractivity contribution in [3.63, 3.8) is 0 Å². The molecule has 0 aliphatic heterocycles. The Labute approximate surface area is 112 Å². The number of rotatable bonds is 5. The number of hydrogen-bond donors (Lipinski definition) is 3. The van der Waals surface area contributed by atoms with Gasteiger partial charge in [-0.05, 0) is 38.1 Å². The number of nitrogen functional groups attached to an aromatic ring is 1. The van der Waals surface area contributed by atoms with Crippen molar-refractivity contribution in [2.45, 2.75) is 13.8 Å². The van der Waals surface area contributed by atoms with Gasteiger partial charge >= 0.3 is 0 Å². The molecule has 0 spiro atoms. The van der Waals surface area contributed by atoms with Gasteiger partial charge in [0.05, 0.1) is 6.61 Å². The number of nitrogens with zero attached hydrogens (tertiary/aromatic N) is 2. The first kappa shape index (κ1) is 13.1. The third-order valence-corrected chi connectivity index (χ3v) is 2.65. The Morgan fingerprint density at radius 1 is 1.16 bits per heavy atom. The van der Waals surface area contributed by atoms with Crippen LogP contribution in [0.25, 0.3) is 0 Å². The van der Waals surface area contributed by atoms with Crippen molar-refractivity contribution in [3.05, 3.63) is 36.2 Å². The second-order valence-corrected chi connectivity index (χ2v) is 3.92. The molecule has 4 N–H and O–H groups in total. The summed E-state index contributed by atoms with van der Waals surface area (Å²) in [4.78, 5) is 8.22. The predicted octanol–water partition coefficient (Wildman–Crippen LogP) is 2.21. The first-order valence-corrected chi connectivity index (χ1v) is 6.02. The number of anilines is 3. The van der Waals surface area contributed by atoms with E-state index in [1.165, 1.54) is 6.33 Å². The highest BCUT2D eigenvalue weighted by molar-refractivity contribution is 5.64. The van der Waals surface area contributed by atoms with Crippen LogP contribution in [0.5, 0.6) is 5.75 Å². The van der Waals surface area contributed by atoms with Crippen molar-refractivity contribution >= 4 is 17.3 Å². The SMILES string of the molecule is CCOc1ccc(Nc2ncnc(NN)c2C)cc1. The average Bonchev–Trinajstić information content (AvgIpc) is 2.43. The van der Waals surface area contributed by atoms with Crippen LogP contribution in [0.4, 0.5) is 17.3 Å². The lowest BCUT2D eigenvalue weighted by Gasteiger charge is -2.11. The van der Waals surface area contributed by atoms with Crippen molar-refractivity contribution in [2.24, 2.45) is 5.84 Å². The van der Waals surface area contributed by atoms with Gasteiger partial charge in [0.15, 0.2) is 0 Å². The lowest BCUT2D eigenvalue weighted by Crippen LogP contribution is -2.11. The minimum absolute atomic E-state index is 0.600. The molecule has 0 saturated carbocycles. The quantitative estimate of drug-likeness (QED) is 0.564. The first-order chi connectivity index (χ1) is 9.24. The summed E-state index contributed by atoms with van der Waals surface area (Å²) in [5.41, 5.74) is 4.32. The molecule has 0 fully saturated rings. The van der Waals surface area contributed by atoms with Crippen molar-refractivity contribution in [3.8, 4) is 5.75 Å². The molecule has 100 valence electrons. The molecule has 1 aromatic heterocycles. The molecular weight excluding hydrogens is 242 g/mol. The van der Waals surface area contributed by atoms with E-state index in [0.717, 1.165) is 17.0 Å². The van der Waals surface area contributed by atoms with Crippen LogP contribution in [-0.2, 0) is 0 Å². The van der Waals surface area contributed by atoms with Gasteiger partial charge in [0, 0.05) is 11.3 Å². The fourth-order valence-corrected chi connectivity index (χ4v) is 1.66. The van der Waals surface area contributed by atoms with Crippen molar-refractivity contribution in [2.75, 3.05) is 17.3 Å². The number of ether oxygens (including phenoxy) is 1. The van der Waals surface area contributed by atoms with E-state index in [0.29, 0.717) is 18.2 Å². The van der Waals surface area contributed by atoms with Crippen LogP contribution in [-0.4, -0.2) is 16.6 Å². The zero-order chi connectivity index (χ0) is 13.7. The van der Waals surface area contributed by atoms with Crippen molar-refractivity contribution in [1.82, 2.24) is 9.97 Å². The van der Waals surface area contributed by atoms with Crippen LogP contribution in [0.2, 0.25) is 0 Å². The minimum atomic E-state index is 0.600. The van der Waals surface area contributed by atoms with Gasteiger partial charge in [-0.15, -0.1) is 0 Å². The highest BCUT2D eigenvalue weighted by Crippen LogP contribution is 2.23. The average molecular weight is 259 g/mol. The molecule has 2 aromatic rings. The predicted molar refractivity (Wildman–Crippen MR) is 75.5 cm³/mol. The summed E-state index contributed by atoms with van der Waals surface area (Å²) in [6, 6.07) is 7.68. The van der Waals surface area contributed by atoms with Crippen LogP contribution < -0.4 is 21.3 Å². The Balaban J connectivity index is 2.16. The van der Waals surface area contributed by atoms with E-state index in [-0.39, 0.29) is 0 Å². The van der Waals surface area contributed by atoms with Gasteiger partial charge in [0.1, 0.15) is 23.7 Å². The van der Waals surface area contributed by atoms with Crippen molar-refractivity contribution in [1.29, 1.82) is 0 Å². The molecule has 6 heteroatoms.